The predicted octanol–water partition coefficient (Wildman–Crippen LogP) is 3.54. The van der Waals surface area contributed by atoms with Crippen molar-refractivity contribution in [2.45, 2.75) is 25.7 Å². The van der Waals surface area contributed by atoms with Crippen LogP contribution in [0.15, 0.2) is 36.4 Å². The van der Waals surface area contributed by atoms with Crippen LogP contribution in [-0.4, -0.2) is 40.9 Å². The highest BCUT2D eigenvalue weighted by Crippen LogP contribution is 2.40. The summed E-state index contributed by atoms with van der Waals surface area (Å²) >= 11 is 0. The fourth-order valence-electron chi connectivity index (χ4n) is 4.41. The lowest BCUT2D eigenvalue weighted by atomic mass is 9.85. The van der Waals surface area contributed by atoms with E-state index in [-0.39, 0.29) is 5.75 Å². The summed E-state index contributed by atoms with van der Waals surface area (Å²) in [5.41, 5.74) is 7.16. The number of aromatic nitrogens is 7. The van der Waals surface area contributed by atoms with Crippen LogP contribution in [0.5, 0.6) is 5.75 Å². The summed E-state index contributed by atoms with van der Waals surface area (Å²) in [6.45, 7) is 0. The van der Waals surface area contributed by atoms with E-state index in [4.69, 9.17) is 4.98 Å². The first-order chi connectivity index (χ1) is 14.3. The highest BCUT2D eigenvalue weighted by Gasteiger charge is 2.23. The van der Waals surface area contributed by atoms with Gasteiger partial charge in [-0.05, 0) is 78.4 Å². The average molecular weight is 383 g/mol. The minimum absolute atomic E-state index is 0.258. The molecule has 0 unspecified atom stereocenters. The summed E-state index contributed by atoms with van der Waals surface area (Å²) in [4.78, 5) is 5.05. The molecule has 0 spiro atoms. The summed E-state index contributed by atoms with van der Waals surface area (Å²) in [6.07, 6.45) is 4.27. The lowest BCUT2D eigenvalue weighted by molar-refractivity contribution is 0.475. The molecule has 1 aliphatic rings. The number of phenols is 1. The summed E-state index contributed by atoms with van der Waals surface area (Å²) in [5, 5.41) is 33.8. The number of nitrogens with zero attached hydrogens (tertiary/aromatic N) is 5. The number of nitrogens with one attached hydrogen (secondary N) is 2. The molecule has 8 heteroatoms. The molecule has 0 saturated heterocycles. The highest BCUT2D eigenvalue weighted by molar-refractivity contribution is 6.13. The van der Waals surface area contributed by atoms with E-state index in [9.17, 15) is 5.11 Å². The molecule has 0 bridgehead atoms. The van der Waals surface area contributed by atoms with E-state index in [0.717, 1.165) is 58.7 Å². The maximum Gasteiger partial charge on any atom is 0.225 e. The number of aromatic hydroxyl groups is 1. The van der Waals surface area contributed by atoms with E-state index in [0.29, 0.717) is 11.5 Å². The van der Waals surface area contributed by atoms with Crippen LogP contribution in [-0.2, 0) is 12.8 Å². The first-order valence-electron chi connectivity index (χ1n) is 9.65. The number of H-pyrrole nitrogens is 2. The van der Waals surface area contributed by atoms with Gasteiger partial charge in [-0.25, -0.2) is 4.98 Å². The topological polar surface area (TPSA) is 116 Å². The zero-order valence-electron chi connectivity index (χ0n) is 15.5. The van der Waals surface area contributed by atoms with Gasteiger partial charge < -0.3 is 5.11 Å². The minimum atomic E-state index is 0.258. The number of aryl methyl sites for hydroxylation is 1. The molecule has 6 rings (SSSR count). The monoisotopic (exact) mass is 383 g/mol. The molecule has 0 amide bonds. The van der Waals surface area contributed by atoms with Crippen LogP contribution < -0.4 is 0 Å². The summed E-state index contributed by atoms with van der Waals surface area (Å²) in [5.74, 6) is 0.726. The first kappa shape index (κ1) is 16.2. The Morgan fingerprint density at radius 3 is 2.45 bits per heavy atom. The van der Waals surface area contributed by atoms with Crippen molar-refractivity contribution >= 4 is 21.8 Å². The number of aromatic amines is 2. The Kier molecular flexibility index (Phi) is 3.40. The van der Waals surface area contributed by atoms with Gasteiger partial charge in [-0.1, -0.05) is 0 Å². The van der Waals surface area contributed by atoms with Crippen molar-refractivity contribution in [3.8, 4) is 28.5 Å². The van der Waals surface area contributed by atoms with E-state index >= 15 is 0 Å². The largest absolute Gasteiger partial charge is 0.508 e. The van der Waals surface area contributed by atoms with Crippen molar-refractivity contribution in [3.05, 3.63) is 47.5 Å². The molecule has 0 fully saturated rings. The van der Waals surface area contributed by atoms with Crippen molar-refractivity contribution < 1.29 is 5.11 Å². The third-order valence-corrected chi connectivity index (χ3v) is 5.69. The molecule has 5 aromatic rings. The summed E-state index contributed by atoms with van der Waals surface area (Å²) < 4.78 is 0. The fourth-order valence-corrected chi connectivity index (χ4v) is 4.41. The van der Waals surface area contributed by atoms with E-state index in [1.165, 1.54) is 11.1 Å². The third kappa shape index (κ3) is 2.42. The van der Waals surface area contributed by atoms with Crippen LogP contribution in [0.4, 0.5) is 0 Å². The van der Waals surface area contributed by atoms with Crippen molar-refractivity contribution in [3.63, 3.8) is 0 Å². The fraction of sp³-hybridized carbons (Fsp3) is 0.190. The number of fused-ring (bicyclic) bond motifs is 5. The smallest absolute Gasteiger partial charge is 0.225 e. The molecular formula is C21H17N7O. The molecule has 8 nitrogen and oxygen atoms in total. The average Bonchev–Trinajstić information content (AvgIpc) is 3.43. The lowest BCUT2D eigenvalue weighted by Crippen LogP contribution is -2.08. The third-order valence-electron chi connectivity index (χ3n) is 5.69. The Bertz CT molecular complexity index is 1350. The van der Waals surface area contributed by atoms with Gasteiger partial charge in [0.05, 0.1) is 16.7 Å². The number of phenolic OH excluding ortho intramolecular Hbond substituents is 1. The van der Waals surface area contributed by atoms with Crippen LogP contribution in [0.3, 0.4) is 0 Å². The zero-order chi connectivity index (χ0) is 19.4. The molecule has 29 heavy (non-hydrogen) atoms. The van der Waals surface area contributed by atoms with Gasteiger partial charge in [0.1, 0.15) is 11.4 Å². The molecule has 1 aliphatic carbocycles. The SMILES string of the molecule is Oc1ccc(-c2nc3ccc4[nH]nc(-c5nn[nH]n5)c4c3c3c2CCCC3)cc1. The Labute approximate surface area is 165 Å². The van der Waals surface area contributed by atoms with Crippen LogP contribution in [0.1, 0.15) is 24.0 Å². The van der Waals surface area contributed by atoms with Crippen LogP contribution >= 0.6 is 0 Å². The lowest BCUT2D eigenvalue weighted by Gasteiger charge is -2.22. The van der Waals surface area contributed by atoms with Crippen LogP contribution in [0.2, 0.25) is 0 Å². The first-order valence-corrected chi connectivity index (χ1v) is 9.65. The number of pyridine rings is 1. The molecule has 0 radical (unpaired) electrons. The Morgan fingerprint density at radius 1 is 0.828 bits per heavy atom. The highest BCUT2D eigenvalue weighted by atomic mass is 16.3. The van der Waals surface area contributed by atoms with Crippen LogP contribution in [0, 0.1) is 0 Å². The quantitative estimate of drug-likeness (QED) is 0.429. The van der Waals surface area contributed by atoms with Gasteiger partial charge in [0, 0.05) is 16.3 Å². The molecule has 0 saturated carbocycles. The normalized spacial score (nSPS) is 13.8. The second kappa shape index (κ2) is 6.10. The molecular weight excluding hydrogens is 366 g/mol. The van der Waals surface area contributed by atoms with Gasteiger partial charge in [0.15, 0.2) is 0 Å². The van der Waals surface area contributed by atoms with Crippen molar-refractivity contribution in [1.29, 1.82) is 0 Å². The maximum atomic E-state index is 9.68. The molecule has 0 aliphatic heterocycles. The maximum absolute atomic E-state index is 9.68. The standard InChI is InChI=1S/C21H17N7O/c29-12-7-5-11(6-8-12)19-14-4-2-1-3-13(14)17-15(22-19)9-10-16-18(17)20(24-23-16)21-25-27-28-26-21/h5-10,29H,1-4H2,(H,23,24)(H,25,26,27,28). The van der Waals surface area contributed by atoms with Gasteiger partial charge in [-0.15, -0.1) is 10.2 Å². The van der Waals surface area contributed by atoms with Gasteiger partial charge >= 0.3 is 0 Å². The second-order valence-electron chi connectivity index (χ2n) is 7.36. The van der Waals surface area contributed by atoms with Crippen molar-refractivity contribution in [2.24, 2.45) is 0 Å². The van der Waals surface area contributed by atoms with Gasteiger partial charge in [0.2, 0.25) is 5.82 Å². The number of rotatable bonds is 2. The van der Waals surface area contributed by atoms with Crippen molar-refractivity contribution in [1.82, 2.24) is 35.8 Å². The van der Waals surface area contributed by atoms with E-state index in [1.807, 2.05) is 24.3 Å². The Hall–Kier alpha value is -3.81. The van der Waals surface area contributed by atoms with E-state index in [2.05, 4.69) is 30.8 Å². The predicted molar refractivity (Wildman–Crippen MR) is 108 cm³/mol. The Morgan fingerprint density at radius 2 is 1.66 bits per heavy atom. The number of hydrogen-bond acceptors (Lipinski definition) is 6. The van der Waals surface area contributed by atoms with Crippen molar-refractivity contribution in [2.75, 3.05) is 0 Å². The Balaban J connectivity index is 1.72. The van der Waals surface area contributed by atoms with Gasteiger partial charge in [0.25, 0.3) is 0 Å². The molecule has 2 aromatic carbocycles. The summed E-state index contributed by atoms with van der Waals surface area (Å²) in [7, 11) is 0. The zero-order valence-corrected chi connectivity index (χ0v) is 15.5. The second-order valence-corrected chi connectivity index (χ2v) is 7.36. The number of tetrazole rings is 1. The van der Waals surface area contributed by atoms with Gasteiger partial charge in [-0.2, -0.15) is 10.3 Å². The van der Waals surface area contributed by atoms with Gasteiger partial charge in [-0.3, -0.25) is 5.10 Å². The molecule has 3 heterocycles. The van der Waals surface area contributed by atoms with E-state index < -0.39 is 0 Å². The number of hydrogen-bond donors (Lipinski definition) is 3. The van der Waals surface area contributed by atoms with E-state index in [1.54, 1.807) is 12.1 Å². The van der Waals surface area contributed by atoms with Crippen LogP contribution in [0.25, 0.3) is 44.6 Å². The summed E-state index contributed by atoms with van der Waals surface area (Å²) in [6, 6.07) is 11.3. The number of benzene rings is 2. The molecule has 0 atom stereocenters. The minimum Gasteiger partial charge on any atom is -0.508 e. The molecule has 142 valence electrons. The molecule has 3 aromatic heterocycles. The molecule has 3 N–H and O–H groups in total.